The molecule has 0 atom stereocenters. The molecule has 0 fully saturated rings. The van der Waals surface area contributed by atoms with Crippen LogP contribution in [0.5, 0.6) is 5.75 Å². The molecule has 186 valence electrons. The average Bonchev–Trinajstić information content (AvgIpc) is 3.16. The van der Waals surface area contributed by atoms with E-state index in [-0.39, 0.29) is 23.5 Å². The van der Waals surface area contributed by atoms with Gasteiger partial charge in [0.15, 0.2) is 0 Å². The van der Waals surface area contributed by atoms with Crippen LogP contribution in [0.25, 0.3) is 17.0 Å². The molecule has 0 unspecified atom stereocenters. The molecule has 8 heteroatoms. The van der Waals surface area contributed by atoms with Gasteiger partial charge in [0, 0.05) is 22.5 Å². The predicted octanol–water partition coefficient (Wildman–Crippen LogP) is 6.30. The van der Waals surface area contributed by atoms with Crippen LogP contribution in [0.1, 0.15) is 52.5 Å². The van der Waals surface area contributed by atoms with Crippen molar-refractivity contribution in [3.63, 3.8) is 0 Å². The van der Waals surface area contributed by atoms with Crippen molar-refractivity contribution in [3.8, 4) is 5.75 Å². The smallest absolute Gasteiger partial charge is 0.339 e. The SMILES string of the molecule is CC(C)c1ccc(C=CCS(=O)(=O)n2c(Cc3ccc(C(=O)O)c(O)c3)cc3cc(Cl)ccc32)cc1. The zero-order chi connectivity index (χ0) is 26.0. The molecule has 0 bridgehead atoms. The molecular weight excluding hydrogens is 498 g/mol. The molecule has 1 aromatic heterocycles. The summed E-state index contributed by atoms with van der Waals surface area (Å²) in [6.45, 7) is 4.23. The first kappa shape index (κ1) is 25.5. The van der Waals surface area contributed by atoms with Crippen LogP contribution in [0, 0.1) is 0 Å². The second-order valence-corrected chi connectivity index (χ2v) is 11.2. The number of aromatic hydroxyl groups is 1. The fourth-order valence-corrected chi connectivity index (χ4v) is 5.73. The highest BCUT2D eigenvalue weighted by Gasteiger charge is 2.21. The van der Waals surface area contributed by atoms with Gasteiger partial charge in [-0.25, -0.2) is 17.2 Å². The highest BCUT2D eigenvalue weighted by molar-refractivity contribution is 7.90. The normalized spacial score (nSPS) is 12.1. The number of hydrogen-bond donors (Lipinski definition) is 2. The summed E-state index contributed by atoms with van der Waals surface area (Å²) in [5, 5.41) is 20.4. The summed E-state index contributed by atoms with van der Waals surface area (Å²) in [6, 6.07) is 18.9. The van der Waals surface area contributed by atoms with Crippen LogP contribution in [0.2, 0.25) is 5.02 Å². The number of halogens is 1. The van der Waals surface area contributed by atoms with Crippen LogP contribution in [-0.2, 0) is 16.4 Å². The fourth-order valence-electron chi connectivity index (χ4n) is 4.12. The molecular formula is C28H26ClNO5S. The molecule has 4 rings (SSSR count). The van der Waals surface area contributed by atoms with Gasteiger partial charge >= 0.3 is 5.97 Å². The number of nitrogens with zero attached hydrogens (tertiary/aromatic N) is 1. The van der Waals surface area contributed by atoms with Crippen LogP contribution in [0.15, 0.2) is 72.8 Å². The van der Waals surface area contributed by atoms with Crippen molar-refractivity contribution in [2.45, 2.75) is 26.2 Å². The molecule has 1 heterocycles. The Labute approximate surface area is 215 Å². The Morgan fingerprint density at radius 1 is 1.03 bits per heavy atom. The van der Waals surface area contributed by atoms with Crippen LogP contribution >= 0.6 is 11.6 Å². The summed E-state index contributed by atoms with van der Waals surface area (Å²) in [6.07, 6.45) is 3.57. The van der Waals surface area contributed by atoms with E-state index in [9.17, 15) is 18.3 Å². The summed E-state index contributed by atoms with van der Waals surface area (Å²) in [5.74, 6) is -1.42. The minimum Gasteiger partial charge on any atom is -0.507 e. The number of carboxylic acid groups (broad SMARTS) is 1. The van der Waals surface area contributed by atoms with E-state index in [0.717, 1.165) is 5.56 Å². The van der Waals surface area contributed by atoms with E-state index in [0.29, 0.717) is 33.1 Å². The number of phenols is 1. The molecule has 0 aliphatic heterocycles. The maximum Gasteiger partial charge on any atom is 0.339 e. The zero-order valence-electron chi connectivity index (χ0n) is 19.8. The van der Waals surface area contributed by atoms with Crippen molar-refractivity contribution in [1.29, 1.82) is 0 Å². The number of carboxylic acids is 1. The Hall–Kier alpha value is -3.55. The van der Waals surface area contributed by atoms with Crippen molar-refractivity contribution in [3.05, 3.63) is 106 Å². The van der Waals surface area contributed by atoms with Crippen molar-refractivity contribution in [1.82, 2.24) is 3.97 Å². The lowest BCUT2D eigenvalue weighted by molar-refractivity contribution is 0.0693. The van der Waals surface area contributed by atoms with E-state index in [4.69, 9.17) is 16.7 Å². The third-order valence-electron chi connectivity index (χ3n) is 5.97. The van der Waals surface area contributed by atoms with Crippen molar-refractivity contribution in [2.75, 3.05) is 5.75 Å². The van der Waals surface area contributed by atoms with E-state index in [2.05, 4.69) is 13.8 Å². The molecule has 6 nitrogen and oxygen atoms in total. The molecule has 0 aliphatic carbocycles. The van der Waals surface area contributed by atoms with E-state index < -0.39 is 16.0 Å². The second-order valence-electron chi connectivity index (χ2n) is 8.94. The lowest BCUT2D eigenvalue weighted by atomic mass is 10.0. The minimum atomic E-state index is -3.80. The lowest BCUT2D eigenvalue weighted by Gasteiger charge is -2.12. The Morgan fingerprint density at radius 2 is 1.75 bits per heavy atom. The van der Waals surface area contributed by atoms with E-state index in [1.54, 1.807) is 42.5 Å². The highest BCUT2D eigenvalue weighted by Crippen LogP contribution is 2.28. The number of aromatic nitrogens is 1. The molecule has 36 heavy (non-hydrogen) atoms. The van der Waals surface area contributed by atoms with Gasteiger partial charge in [-0.1, -0.05) is 67.9 Å². The van der Waals surface area contributed by atoms with Gasteiger partial charge in [0.05, 0.1) is 11.3 Å². The van der Waals surface area contributed by atoms with Crippen LogP contribution in [0.4, 0.5) is 0 Å². The zero-order valence-corrected chi connectivity index (χ0v) is 21.4. The average molecular weight is 524 g/mol. The molecule has 0 spiro atoms. The summed E-state index contributed by atoms with van der Waals surface area (Å²) in [4.78, 5) is 11.2. The molecule has 4 aromatic rings. The maximum absolute atomic E-state index is 13.5. The molecule has 2 N–H and O–H groups in total. The lowest BCUT2D eigenvalue weighted by Crippen LogP contribution is -2.18. The van der Waals surface area contributed by atoms with Crippen LogP contribution in [-0.4, -0.2) is 34.3 Å². The summed E-state index contributed by atoms with van der Waals surface area (Å²) >= 11 is 6.15. The molecule has 0 aliphatic rings. The minimum absolute atomic E-state index is 0.166. The summed E-state index contributed by atoms with van der Waals surface area (Å²) < 4.78 is 28.3. The maximum atomic E-state index is 13.5. The van der Waals surface area contributed by atoms with E-state index in [1.165, 1.54) is 21.7 Å². The van der Waals surface area contributed by atoms with Gasteiger partial charge in [0.1, 0.15) is 11.3 Å². The number of fused-ring (bicyclic) bond motifs is 1. The van der Waals surface area contributed by atoms with Gasteiger partial charge < -0.3 is 10.2 Å². The Balaban J connectivity index is 1.68. The van der Waals surface area contributed by atoms with Gasteiger partial charge in [-0.15, -0.1) is 0 Å². The number of carbonyl (C=O) groups is 1. The van der Waals surface area contributed by atoms with Crippen molar-refractivity contribution >= 4 is 44.6 Å². The second kappa shape index (κ2) is 10.2. The number of aromatic carboxylic acids is 1. The van der Waals surface area contributed by atoms with Gasteiger partial charge in [0.2, 0.25) is 10.0 Å². The number of benzene rings is 3. The third kappa shape index (κ3) is 5.48. The van der Waals surface area contributed by atoms with Gasteiger partial charge in [-0.05, 0) is 59.0 Å². The summed E-state index contributed by atoms with van der Waals surface area (Å²) in [5.41, 5.74) is 3.45. The Bertz CT molecular complexity index is 1570. The van der Waals surface area contributed by atoms with E-state index >= 15 is 0 Å². The molecule has 3 aromatic carbocycles. The topological polar surface area (TPSA) is 96.6 Å². The molecule has 0 saturated heterocycles. The first-order chi connectivity index (χ1) is 17.0. The van der Waals surface area contributed by atoms with Crippen LogP contribution in [0.3, 0.4) is 0 Å². The van der Waals surface area contributed by atoms with Crippen molar-refractivity contribution < 1.29 is 23.4 Å². The molecule has 0 amide bonds. The predicted molar refractivity (Wildman–Crippen MR) is 144 cm³/mol. The van der Waals surface area contributed by atoms with Gasteiger partial charge in [0.25, 0.3) is 0 Å². The van der Waals surface area contributed by atoms with E-state index in [1.807, 2.05) is 24.3 Å². The monoisotopic (exact) mass is 523 g/mol. The third-order valence-corrected chi connectivity index (χ3v) is 7.80. The van der Waals surface area contributed by atoms with Gasteiger partial charge in [-0.2, -0.15) is 0 Å². The quantitative estimate of drug-likeness (QED) is 0.282. The van der Waals surface area contributed by atoms with Crippen LogP contribution < -0.4 is 0 Å². The van der Waals surface area contributed by atoms with Crippen molar-refractivity contribution in [2.24, 2.45) is 0 Å². The largest absolute Gasteiger partial charge is 0.507 e. The molecule has 0 radical (unpaired) electrons. The highest BCUT2D eigenvalue weighted by atomic mass is 35.5. The molecule has 0 saturated carbocycles. The number of rotatable bonds is 8. The first-order valence-corrected chi connectivity index (χ1v) is 13.4. The number of hydrogen-bond acceptors (Lipinski definition) is 4. The standard InChI is InChI=1S/C28H26ClNO5S/c1-18(2)21-8-5-19(6-9-21)4-3-13-36(34,35)30-24(17-22-16-23(29)10-12-26(22)30)14-20-7-11-25(28(32)33)27(31)15-20/h3-12,15-18,31H,13-14H2,1-2H3,(H,32,33). The fraction of sp³-hybridized carbons (Fsp3) is 0.179. The Kier molecular flexibility index (Phi) is 7.24. The Morgan fingerprint density at radius 3 is 2.39 bits per heavy atom. The first-order valence-electron chi connectivity index (χ1n) is 11.4. The summed E-state index contributed by atoms with van der Waals surface area (Å²) in [7, 11) is -3.80. The van der Waals surface area contributed by atoms with Gasteiger partial charge in [-0.3, -0.25) is 0 Å².